The van der Waals surface area contributed by atoms with E-state index in [1.165, 1.54) is 27.4 Å². The van der Waals surface area contributed by atoms with Crippen LogP contribution in [-0.2, 0) is 9.59 Å². The van der Waals surface area contributed by atoms with E-state index in [0.717, 1.165) is 16.3 Å². The molecule has 2 aliphatic carbocycles. The summed E-state index contributed by atoms with van der Waals surface area (Å²) >= 11 is 9.05. The molecular weight excluding hydrogens is 488 g/mol. The number of fused-ring (bicyclic) bond motifs is 9. The maximum absolute atomic E-state index is 13.7. The lowest BCUT2D eigenvalue weighted by Gasteiger charge is -2.43. The van der Waals surface area contributed by atoms with E-state index in [0.29, 0.717) is 10.7 Å². The number of benzene rings is 2. The van der Waals surface area contributed by atoms with E-state index in [4.69, 9.17) is 11.6 Å². The van der Waals surface area contributed by atoms with Crippen LogP contribution in [0.4, 0.5) is 5.69 Å². The van der Waals surface area contributed by atoms with Gasteiger partial charge >= 0.3 is 4.87 Å². The number of thioether (sulfide) groups is 1. The van der Waals surface area contributed by atoms with Gasteiger partial charge in [-0.05, 0) is 60.9 Å². The number of H-pyrrole nitrogens is 1. The van der Waals surface area contributed by atoms with Crippen molar-refractivity contribution in [1.82, 2.24) is 4.98 Å². The van der Waals surface area contributed by atoms with Crippen molar-refractivity contribution in [3.63, 3.8) is 0 Å². The molecule has 2 amide bonds. The Morgan fingerprint density at radius 1 is 0.941 bits per heavy atom. The van der Waals surface area contributed by atoms with E-state index in [-0.39, 0.29) is 57.4 Å². The topological polar surface area (TPSA) is 70.2 Å². The number of carbonyl (C=O) groups excluding carboxylic acids is 2. The number of amides is 2. The molecule has 3 heterocycles. The molecule has 7 rings (SSSR count). The standard InChI is InChI=1S/C26H21ClN2O3S2/c1-11-2-4-12(5-3-11)17-18-15-10-16(21(18)33-23-22(17)34-26(32)28-23)20-19(15)24(30)29(25(20)31)14-8-6-13(27)7-9-14/h2-9,15-21H,10H2,1H3,(H,28,32)/t15-,16+,17+,18+,19+,20+,21+/m0/s1. The first kappa shape index (κ1) is 21.0. The van der Waals surface area contributed by atoms with Crippen molar-refractivity contribution < 1.29 is 9.59 Å². The summed E-state index contributed by atoms with van der Waals surface area (Å²) in [6.07, 6.45) is 0.894. The van der Waals surface area contributed by atoms with Gasteiger partial charge < -0.3 is 4.98 Å². The number of halogens is 1. The van der Waals surface area contributed by atoms with E-state index in [1.54, 1.807) is 36.0 Å². The van der Waals surface area contributed by atoms with Crippen molar-refractivity contribution in [2.75, 3.05) is 4.90 Å². The Hall–Kier alpha value is -2.35. The van der Waals surface area contributed by atoms with Crippen LogP contribution in [0, 0.1) is 36.5 Å². The molecule has 0 unspecified atom stereocenters. The second-order valence-electron chi connectivity index (χ2n) is 9.86. The normalized spacial score (nSPS) is 33.2. The maximum atomic E-state index is 13.7. The van der Waals surface area contributed by atoms with Gasteiger partial charge in [0.2, 0.25) is 11.8 Å². The SMILES string of the molecule is Cc1ccc([C@H]2c3sc(=O)[nH]c3S[C@@H]3[C@@H]4C[C@H]([C@H]5C(=O)N(c6ccc(Cl)cc6)C(=O)[C@H]45)[C@H]23)cc1. The average molecular weight is 509 g/mol. The number of rotatable bonds is 2. The lowest BCUT2D eigenvalue weighted by molar-refractivity contribution is -0.123. The van der Waals surface area contributed by atoms with Crippen LogP contribution >= 0.6 is 34.7 Å². The Labute approximate surface area is 209 Å². The number of thiazole rings is 1. The van der Waals surface area contributed by atoms with Crippen LogP contribution in [-0.4, -0.2) is 22.0 Å². The van der Waals surface area contributed by atoms with Crippen molar-refractivity contribution in [2.24, 2.45) is 29.6 Å². The molecule has 2 aromatic carbocycles. The number of aromatic amines is 1. The molecule has 1 aromatic heterocycles. The fourth-order valence-electron chi connectivity index (χ4n) is 7.01. The van der Waals surface area contributed by atoms with Gasteiger partial charge in [-0.3, -0.25) is 19.3 Å². The first-order chi connectivity index (χ1) is 16.4. The van der Waals surface area contributed by atoms with Crippen molar-refractivity contribution in [3.05, 3.63) is 79.2 Å². The number of anilines is 1. The molecule has 5 nitrogen and oxygen atoms in total. The number of hydrogen-bond acceptors (Lipinski definition) is 5. The Balaban J connectivity index is 1.32. The van der Waals surface area contributed by atoms with Crippen molar-refractivity contribution in [2.45, 2.75) is 29.5 Å². The zero-order chi connectivity index (χ0) is 23.3. The highest BCUT2D eigenvalue weighted by atomic mass is 35.5. The lowest BCUT2D eigenvalue weighted by Crippen LogP contribution is -2.42. The second kappa shape index (κ2) is 7.33. The summed E-state index contributed by atoms with van der Waals surface area (Å²) in [6.45, 7) is 2.07. The predicted molar refractivity (Wildman–Crippen MR) is 134 cm³/mol. The minimum absolute atomic E-state index is 0.0387. The third kappa shape index (κ3) is 2.77. The van der Waals surface area contributed by atoms with Gasteiger partial charge in [-0.1, -0.05) is 52.8 Å². The Morgan fingerprint density at radius 3 is 2.32 bits per heavy atom. The summed E-state index contributed by atoms with van der Waals surface area (Å²) in [5.74, 6) is -0.202. The summed E-state index contributed by atoms with van der Waals surface area (Å²) in [6, 6.07) is 15.5. The molecule has 0 radical (unpaired) electrons. The molecule has 4 aliphatic rings. The quantitative estimate of drug-likeness (QED) is 0.490. The molecule has 34 heavy (non-hydrogen) atoms. The fourth-order valence-corrected chi connectivity index (χ4v) is 10.0. The molecule has 8 heteroatoms. The van der Waals surface area contributed by atoms with E-state index >= 15 is 0 Å². The zero-order valence-corrected chi connectivity index (χ0v) is 20.6. The van der Waals surface area contributed by atoms with Crippen LogP contribution in [0.15, 0.2) is 58.4 Å². The molecule has 2 aliphatic heterocycles. The maximum Gasteiger partial charge on any atom is 0.305 e. The number of hydrogen-bond donors (Lipinski definition) is 1. The number of nitrogens with zero attached hydrogens (tertiary/aromatic N) is 1. The van der Waals surface area contributed by atoms with Crippen LogP contribution in [0.2, 0.25) is 5.02 Å². The van der Waals surface area contributed by atoms with E-state index < -0.39 is 0 Å². The first-order valence-corrected chi connectivity index (χ1v) is 13.6. The highest BCUT2D eigenvalue weighted by Gasteiger charge is 2.69. The molecule has 1 saturated heterocycles. The third-order valence-corrected chi connectivity index (χ3v) is 11.1. The minimum Gasteiger partial charge on any atom is -0.307 e. The van der Waals surface area contributed by atoms with Gasteiger partial charge in [0.15, 0.2) is 0 Å². The summed E-state index contributed by atoms with van der Waals surface area (Å²) in [5, 5.41) is 1.72. The van der Waals surface area contributed by atoms with Gasteiger partial charge in [-0.25, -0.2) is 0 Å². The monoisotopic (exact) mass is 508 g/mol. The number of aromatic nitrogens is 1. The van der Waals surface area contributed by atoms with Gasteiger partial charge in [0.1, 0.15) is 0 Å². The van der Waals surface area contributed by atoms with E-state index in [2.05, 4.69) is 36.2 Å². The molecule has 1 N–H and O–H groups in total. The molecule has 0 spiro atoms. The smallest absolute Gasteiger partial charge is 0.305 e. The number of aryl methyl sites for hydroxylation is 1. The van der Waals surface area contributed by atoms with Crippen LogP contribution in [0.5, 0.6) is 0 Å². The van der Waals surface area contributed by atoms with E-state index in [9.17, 15) is 14.4 Å². The predicted octanol–water partition coefficient (Wildman–Crippen LogP) is 5.08. The average Bonchev–Trinajstić information content (AvgIpc) is 3.54. The zero-order valence-electron chi connectivity index (χ0n) is 18.2. The van der Waals surface area contributed by atoms with Gasteiger partial charge in [-0.2, -0.15) is 0 Å². The van der Waals surface area contributed by atoms with Crippen LogP contribution < -0.4 is 9.77 Å². The number of nitrogens with one attached hydrogen (secondary N) is 1. The second-order valence-corrected chi connectivity index (χ2v) is 12.5. The van der Waals surface area contributed by atoms with Gasteiger partial charge in [-0.15, -0.1) is 11.8 Å². The van der Waals surface area contributed by atoms with Gasteiger partial charge in [0, 0.05) is 21.1 Å². The van der Waals surface area contributed by atoms with Crippen LogP contribution in [0.3, 0.4) is 0 Å². The van der Waals surface area contributed by atoms with E-state index in [1.807, 2.05) is 0 Å². The first-order valence-electron chi connectivity index (χ1n) is 11.5. The molecular formula is C26H21ClN2O3S2. The number of carbonyl (C=O) groups is 2. The Morgan fingerprint density at radius 2 is 1.62 bits per heavy atom. The summed E-state index contributed by atoms with van der Waals surface area (Å²) in [4.78, 5) is 45.1. The van der Waals surface area contributed by atoms with Gasteiger partial charge in [0.05, 0.1) is 22.5 Å². The summed E-state index contributed by atoms with van der Waals surface area (Å²) in [5.41, 5.74) is 2.98. The highest BCUT2D eigenvalue weighted by molar-refractivity contribution is 8.00. The molecule has 7 atom stereocenters. The summed E-state index contributed by atoms with van der Waals surface area (Å²) in [7, 11) is 0. The molecule has 3 fully saturated rings. The van der Waals surface area contributed by atoms with Crippen LogP contribution in [0.25, 0.3) is 0 Å². The van der Waals surface area contributed by atoms with Crippen LogP contribution in [0.1, 0.15) is 28.3 Å². The molecule has 2 bridgehead atoms. The molecule has 3 aromatic rings. The molecule has 2 saturated carbocycles. The highest BCUT2D eigenvalue weighted by Crippen LogP contribution is 2.68. The minimum atomic E-state index is -0.291. The Kier molecular flexibility index (Phi) is 4.52. The fraction of sp³-hybridized carbons (Fsp3) is 0.346. The number of imide groups is 1. The summed E-state index contributed by atoms with van der Waals surface area (Å²) < 4.78 is 0. The van der Waals surface area contributed by atoms with Gasteiger partial charge in [0.25, 0.3) is 0 Å². The lowest BCUT2D eigenvalue weighted by atomic mass is 9.68. The Bertz CT molecular complexity index is 1400. The van der Waals surface area contributed by atoms with Crippen molar-refractivity contribution in [3.8, 4) is 0 Å². The van der Waals surface area contributed by atoms with Crippen molar-refractivity contribution in [1.29, 1.82) is 0 Å². The van der Waals surface area contributed by atoms with Crippen molar-refractivity contribution >= 4 is 52.2 Å². The third-order valence-electron chi connectivity index (χ3n) is 8.25. The molecule has 172 valence electrons. The largest absolute Gasteiger partial charge is 0.307 e.